The minimum atomic E-state index is -1.15. The number of ether oxygens (including phenoxy) is 2. The molecule has 1 heterocycles. The third-order valence-electron chi connectivity index (χ3n) is 8.23. The number of hydrogen-bond acceptors (Lipinski definition) is 7. The average molecular weight is 666 g/mol. The summed E-state index contributed by atoms with van der Waals surface area (Å²) in [5, 5.41) is 11.9. The molecule has 0 unspecified atom stereocenters. The number of carbonyl (C=O) groups is 3. The van der Waals surface area contributed by atoms with E-state index < -0.39 is 23.8 Å². The highest BCUT2D eigenvalue weighted by Crippen LogP contribution is 2.25. The molecule has 9 nitrogen and oxygen atoms in total. The van der Waals surface area contributed by atoms with Gasteiger partial charge in [-0.05, 0) is 73.7 Å². The lowest BCUT2D eigenvalue weighted by Crippen LogP contribution is -2.42. The first-order valence-electron chi connectivity index (χ1n) is 17.2. The van der Waals surface area contributed by atoms with Gasteiger partial charge in [-0.15, -0.1) is 0 Å². The average Bonchev–Trinajstić information content (AvgIpc) is 3.12. The van der Waals surface area contributed by atoms with E-state index in [2.05, 4.69) is 22.2 Å². The molecule has 2 N–H and O–H groups in total. The molecule has 1 aromatic heterocycles. The molecule has 4 rings (SSSR count). The van der Waals surface area contributed by atoms with E-state index in [0.717, 1.165) is 47.5 Å². The van der Waals surface area contributed by atoms with Crippen molar-refractivity contribution < 1.29 is 29.0 Å². The summed E-state index contributed by atoms with van der Waals surface area (Å²) in [5.74, 6) is -0.537. The van der Waals surface area contributed by atoms with Crippen LogP contribution in [-0.2, 0) is 16.0 Å². The van der Waals surface area contributed by atoms with Gasteiger partial charge in [0.25, 0.3) is 0 Å². The largest absolute Gasteiger partial charge is 0.494 e. The summed E-state index contributed by atoms with van der Waals surface area (Å²) in [6, 6.07) is 21.2. The van der Waals surface area contributed by atoms with Crippen molar-refractivity contribution in [2.24, 2.45) is 5.92 Å². The molecule has 2 atom stereocenters. The smallest absolute Gasteiger partial charge is 0.325 e. The predicted molar refractivity (Wildman–Crippen MR) is 191 cm³/mol. The number of carboxylic acids is 1. The van der Waals surface area contributed by atoms with E-state index >= 15 is 0 Å². The summed E-state index contributed by atoms with van der Waals surface area (Å²) in [4.78, 5) is 47.0. The van der Waals surface area contributed by atoms with E-state index in [1.807, 2.05) is 55.5 Å². The summed E-state index contributed by atoms with van der Waals surface area (Å²) in [6.45, 7) is 6.93. The van der Waals surface area contributed by atoms with Crippen molar-refractivity contribution in [2.45, 2.75) is 78.2 Å². The van der Waals surface area contributed by atoms with Crippen LogP contribution >= 0.6 is 0 Å². The van der Waals surface area contributed by atoms with Gasteiger partial charge in [-0.2, -0.15) is 0 Å². The maximum Gasteiger partial charge on any atom is 0.325 e. The molecule has 0 bridgehead atoms. The zero-order valence-electron chi connectivity index (χ0n) is 28.7. The minimum absolute atomic E-state index is 0.0776. The second-order valence-corrected chi connectivity index (χ2v) is 12.2. The van der Waals surface area contributed by atoms with Gasteiger partial charge in [0, 0.05) is 41.4 Å². The van der Waals surface area contributed by atoms with Gasteiger partial charge in [-0.25, -0.2) is 9.97 Å². The molecule has 49 heavy (non-hydrogen) atoms. The third kappa shape index (κ3) is 11.6. The fourth-order valence-corrected chi connectivity index (χ4v) is 5.29. The maximum atomic E-state index is 13.2. The molecule has 0 spiro atoms. The molecule has 0 aliphatic carbocycles. The summed E-state index contributed by atoms with van der Waals surface area (Å²) < 4.78 is 11.5. The van der Waals surface area contributed by atoms with Gasteiger partial charge in [0.05, 0.1) is 13.2 Å². The number of nitrogens with zero attached hydrogens (tertiary/aromatic N) is 2. The molecule has 4 aromatic rings. The van der Waals surface area contributed by atoms with Crippen LogP contribution in [0, 0.1) is 5.92 Å². The molecule has 0 fully saturated rings. The van der Waals surface area contributed by atoms with Gasteiger partial charge in [0.15, 0.2) is 11.6 Å². The molecule has 3 aromatic carbocycles. The molecule has 9 heteroatoms. The molecule has 0 radical (unpaired) electrons. The molecule has 0 aliphatic rings. The van der Waals surface area contributed by atoms with Gasteiger partial charge < -0.3 is 19.9 Å². The van der Waals surface area contributed by atoms with Crippen molar-refractivity contribution in [1.82, 2.24) is 15.3 Å². The first-order chi connectivity index (χ1) is 23.8. The van der Waals surface area contributed by atoms with Crippen LogP contribution in [0.5, 0.6) is 11.5 Å². The summed E-state index contributed by atoms with van der Waals surface area (Å²) in [6.07, 6.45) is 10.6. The molecule has 0 saturated heterocycles. The number of unbranched alkanes of at least 4 members (excludes halogenated alkanes) is 4. The number of benzene rings is 3. The Morgan fingerprint density at radius 1 is 0.714 bits per heavy atom. The Morgan fingerprint density at radius 3 is 1.92 bits per heavy atom. The summed E-state index contributed by atoms with van der Waals surface area (Å²) >= 11 is 0. The van der Waals surface area contributed by atoms with Gasteiger partial charge in [-0.3, -0.25) is 14.4 Å². The van der Waals surface area contributed by atoms with Crippen molar-refractivity contribution in [3.05, 3.63) is 96.3 Å². The normalized spacial score (nSPS) is 12.1. The van der Waals surface area contributed by atoms with E-state index in [-0.39, 0.29) is 18.6 Å². The van der Waals surface area contributed by atoms with E-state index in [1.165, 1.54) is 32.6 Å². The van der Waals surface area contributed by atoms with E-state index in [4.69, 9.17) is 9.47 Å². The second-order valence-electron chi connectivity index (χ2n) is 12.2. The predicted octanol–water partition coefficient (Wildman–Crippen LogP) is 7.97. The Bertz CT molecular complexity index is 1620. The minimum Gasteiger partial charge on any atom is -0.494 e. The molecular formula is C40H47N3O6. The standard InChI is InChI=1S/C40H47N3O6/c1-4-6-7-8-9-23-49-36-18-14-30(15-19-36)34-26-41-38(42-27-34)32-12-10-29(11-13-32)24-33(39(45)43-28(3)40(46)47)25-37(44)31-16-20-35(21-17-31)48-22-5-2/h10-21,26-28,33H,4-9,22-25H2,1-3H3,(H,43,45)(H,46,47)/t28-,33-/m1/s1. The lowest BCUT2D eigenvalue weighted by molar-refractivity contribution is -0.141. The zero-order valence-corrected chi connectivity index (χ0v) is 28.7. The van der Waals surface area contributed by atoms with Gasteiger partial charge >= 0.3 is 5.97 Å². The Labute approximate surface area is 289 Å². The van der Waals surface area contributed by atoms with Crippen LogP contribution in [0.2, 0.25) is 0 Å². The van der Waals surface area contributed by atoms with Crippen LogP contribution in [0.3, 0.4) is 0 Å². The highest BCUT2D eigenvalue weighted by atomic mass is 16.5. The number of rotatable bonds is 20. The number of nitrogens with one attached hydrogen (secondary N) is 1. The number of carboxylic acid groups (broad SMARTS) is 1. The Balaban J connectivity index is 1.38. The number of aromatic nitrogens is 2. The Kier molecular flexibility index (Phi) is 14.3. The number of aliphatic carboxylic acids is 1. The van der Waals surface area contributed by atoms with E-state index in [9.17, 15) is 19.5 Å². The Morgan fingerprint density at radius 2 is 1.31 bits per heavy atom. The monoisotopic (exact) mass is 665 g/mol. The van der Waals surface area contributed by atoms with Crippen LogP contribution in [0.4, 0.5) is 0 Å². The van der Waals surface area contributed by atoms with Crippen LogP contribution < -0.4 is 14.8 Å². The van der Waals surface area contributed by atoms with Crippen LogP contribution in [0.1, 0.15) is 81.6 Å². The fourth-order valence-electron chi connectivity index (χ4n) is 5.29. The van der Waals surface area contributed by atoms with E-state index in [0.29, 0.717) is 23.7 Å². The van der Waals surface area contributed by atoms with Crippen LogP contribution in [0.15, 0.2) is 85.2 Å². The molecule has 258 valence electrons. The highest BCUT2D eigenvalue weighted by Gasteiger charge is 2.26. The molecule has 0 saturated carbocycles. The van der Waals surface area contributed by atoms with Gasteiger partial charge in [-0.1, -0.05) is 75.9 Å². The first-order valence-corrected chi connectivity index (χ1v) is 17.2. The van der Waals surface area contributed by atoms with Crippen molar-refractivity contribution in [1.29, 1.82) is 0 Å². The number of amides is 1. The topological polar surface area (TPSA) is 128 Å². The molecular weight excluding hydrogens is 618 g/mol. The van der Waals surface area contributed by atoms with Crippen molar-refractivity contribution in [3.63, 3.8) is 0 Å². The first kappa shape index (κ1) is 36.8. The number of ketones is 1. The number of hydrogen-bond donors (Lipinski definition) is 2. The van der Waals surface area contributed by atoms with Crippen LogP contribution in [0.25, 0.3) is 22.5 Å². The van der Waals surface area contributed by atoms with Crippen molar-refractivity contribution >= 4 is 17.7 Å². The van der Waals surface area contributed by atoms with E-state index in [1.54, 1.807) is 36.7 Å². The lowest BCUT2D eigenvalue weighted by atomic mass is 9.90. The van der Waals surface area contributed by atoms with Crippen LogP contribution in [-0.4, -0.2) is 52.0 Å². The summed E-state index contributed by atoms with van der Waals surface area (Å²) in [7, 11) is 0. The van der Waals surface area contributed by atoms with Gasteiger partial charge in [0.1, 0.15) is 17.5 Å². The van der Waals surface area contributed by atoms with Crippen molar-refractivity contribution in [3.8, 4) is 34.0 Å². The number of Topliss-reactive ketones (excluding diaryl/α,β-unsaturated/α-hetero) is 1. The Hall–Kier alpha value is -5.05. The molecule has 1 amide bonds. The fraction of sp³-hybridized carbons (Fsp3) is 0.375. The summed E-state index contributed by atoms with van der Waals surface area (Å²) in [5.41, 5.74) is 3.97. The van der Waals surface area contributed by atoms with Crippen molar-refractivity contribution in [2.75, 3.05) is 13.2 Å². The molecule has 0 aliphatic heterocycles. The third-order valence-corrected chi connectivity index (χ3v) is 8.23. The quantitative estimate of drug-likeness (QED) is 0.0719. The van der Waals surface area contributed by atoms with Gasteiger partial charge in [0.2, 0.25) is 5.91 Å². The lowest BCUT2D eigenvalue weighted by Gasteiger charge is -2.18. The highest BCUT2D eigenvalue weighted by molar-refractivity contribution is 5.99. The zero-order chi connectivity index (χ0) is 35.0. The second kappa shape index (κ2) is 19.1. The maximum absolute atomic E-state index is 13.2. The number of carbonyl (C=O) groups excluding carboxylic acids is 2. The SMILES string of the molecule is CCCCCCCOc1ccc(-c2cnc(-c3ccc(C[C@H](CC(=O)c4ccc(OCCC)cc4)C(=O)N[C@H](C)C(=O)O)cc3)nc2)cc1.